The van der Waals surface area contributed by atoms with Crippen LogP contribution in [0, 0.1) is 10.1 Å². The third-order valence-electron chi connectivity index (χ3n) is 5.22. The minimum atomic E-state index is -0.444. The number of nitro groups is 1. The van der Waals surface area contributed by atoms with Gasteiger partial charge in [0.05, 0.1) is 40.1 Å². The summed E-state index contributed by atoms with van der Waals surface area (Å²) < 4.78 is 5.98. The molecule has 0 unspecified atom stereocenters. The third kappa shape index (κ3) is 2.74. The predicted octanol–water partition coefficient (Wildman–Crippen LogP) is 2.93. The van der Waals surface area contributed by atoms with Crippen LogP contribution in [-0.4, -0.2) is 46.0 Å². The van der Waals surface area contributed by atoms with E-state index in [1.165, 1.54) is 12.1 Å². The lowest BCUT2D eigenvalue weighted by atomic mass is 9.98. The van der Waals surface area contributed by atoms with Crippen LogP contribution in [0.4, 0.5) is 5.69 Å². The fourth-order valence-corrected chi connectivity index (χ4v) is 4.00. The molecule has 2 fully saturated rings. The highest BCUT2D eigenvalue weighted by Crippen LogP contribution is 2.36. The van der Waals surface area contributed by atoms with Gasteiger partial charge in [-0.3, -0.25) is 19.9 Å². The number of hydrogen-bond acceptors (Lipinski definition) is 5. The molecule has 4 rings (SSSR count). The Balaban J connectivity index is 1.71. The highest BCUT2D eigenvalue weighted by molar-refractivity contribution is 6.07. The summed E-state index contributed by atoms with van der Waals surface area (Å²) in [4.78, 5) is 29.9. The van der Waals surface area contributed by atoms with Gasteiger partial charge in [-0.05, 0) is 31.0 Å². The number of ether oxygens (including phenoxy) is 1. The first kappa shape index (κ1) is 16.0. The molecule has 1 aromatic heterocycles. The number of rotatable bonds is 2. The van der Waals surface area contributed by atoms with E-state index in [2.05, 4.69) is 4.98 Å². The van der Waals surface area contributed by atoms with Crippen LogP contribution in [0.1, 0.15) is 36.0 Å². The smallest absolute Gasteiger partial charge is 0.278 e. The van der Waals surface area contributed by atoms with E-state index < -0.39 is 4.92 Å². The molecular formula is C18H19N3O4. The van der Waals surface area contributed by atoms with E-state index in [1.807, 2.05) is 4.90 Å². The zero-order chi connectivity index (χ0) is 17.4. The molecule has 7 nitrogen and oxygen atoms in total. The first-order valence-corrected chi connectivity index (χ1v) is 8.55. The van der Waals surface area contributed by atoms with Crippen molar-refractivity contribution in [2.24, 2.45) is 0 Å². The van der Waals surface area contributed by atoms with E-state index in [-0.39, 0.29) is 17.2 Å². The van der Waals surface area contributed by atoms with Crippen LogP contribution >= 0.6 is 0 Å². The van der Waals surface area contributed by atoms with E-state index in [9.17, 15) is 14.9 Å². The van der Waals surface area contributed by atoms with Crippen LogP contribution in [0.15, 0.2) is 30.5 Å². The lowest BCUT2D eigenvalue weighted by Crippen LogP contribution is -2.52. The molecular weight excluding hydrogens is 322 g/mol. The Kier molecular flexibility index (Phi) is 3.88. The van der Waals surface area contributed by atoms with Crippen LogP contribution in [0.3, 0.4) is 0 Å². The lowest BCUT2D eigenvalue weighted by molar-refractivity contribution is -0.383. The number of amides is 1. The van der Waals surface area contributed by atoms with Crippen molar-refractivity contribution in [2.45, 2.75) is 31.3 Å². The zero-order valence-electron chi connectivity index (χ0n) is 13.8. The van der Waals surface area contributed by atoms with Crippen LogP contribution in [0.2, 0.25) is 0 Å². The number of fused-ring (bicyclic) bond motifs is 1. The number of nitrogens with zero attached hydrogens (tertiary/aromatic N) is 3. The lowest BCUT2D eigenvalue weighted by Gasteiger charge is -2.40. The number of carbonyl (C=O) groups excluding carboxylic acids is 1. The van der Waals surface area contributed by atoms with Crippen molar-refractivity contribution < 1.29 is 14.5 Å². The SMILES string of the molecule is O=C(c1ccc([N+](=O)[O-])c2cccnc12)N1CCOC2(CCCC2)C1. The minimum Gasteiger partial charge on any atom is -0.371 e. The van der Waals surface area contributed by atoms with Crippen molar-refractivity contribution in [1.29, 1.82) is 0 Å². The number of aromatic nitrogens is 1. The molecule has 1 amide bonds. The van der Waals surface area contributed by atoms with Gasteiger partial charge < -0.3 is 9.64 Å². The molecule has 0 bridgehead atoms. The molecule has 0 atom stereocenters. The fourth-order valence-electron chi connectivity index (χ4n) is 4.00. The second-order valence-electron chi connectivity index (χ2n) is 6.75. The fraction of sp³-hybridized carbons (Fsp3) is 0.444. The van der Waals surface area contributed by atoms with Crippen molar-refractivity contribution in [1.82, 2.24) is 9.88 Å². The predicted molar refractivity (Wildman–Crippen MR) is 91.5 cm³/mol. The number of morpholine rings is 1. The van der Waals surface area contributed by atoms with Crippen LogP contribution < -0.4 is 0 Å². The first-order chi connectivity index (χ1) is 12.1. The molecule has 1 saturated carbocycles. The number of carbonyl (C=O) groups is 1. The Morgan fingerprint density at radius 2 is 2.08 bits per heavy atom. The van der Waals surface area contributed by atoms with Crippen LogP contribution in [0.25, 0.3) is 10.9 Å². The monoisotopic (exact) mass is 341 g/mol. The number of nitro benzene ring substituents is 1. The average Bonchev–Trinajstić information content (AvgIpc) is 3.07. The molecule has 2 heterocycles. The molecule has 0 N–H and O–H groups in total. The van der Waals surface area contributed by atoms with Crippen molar-refractivity contribution >= 4 is 22.5 Å². The van der Waals surface area contributed by atoms with E-state index in [0.717, 1.165) is 25.7 Å². The molecule has 1 saturated heterocycles. The minimum absolute atomic E-state index is 0.0334. The van der Waals surface area contributed by atoms with E-state index in [1.54, 1.807) is 18.3 Å². The molecule has 25 heavy (non-hydrogen) atoms. The zero-order valence-corrected chi connectivity index (χ0v) is 13.8. The maximum atomic E-state index is 13.1. The Bertz CT molecular complexity index is 845. The Morgan fingerprint density at radius 1 is 1.28 bits per heavy atom. The maximum Gasteiger partial charge on any atom is 0.278 e. The summed E-state index contributed by atoms with van der Waals surface area (Å²) in [6, 6.07) is 6.19. The molecule has 130 valence electrons. The van der Waals surface area contributed by atoms with Gasteiger partial charge in [-0.25, -0.2) is 0 Å². The summed E-state index contributed by atoms with van der Waals surface area (Å²) in [5.74, 6) is -0.131. The number of hydrogen-bond donors (Lipinski definition) is 0. The van der Waals surface area contributed by atoms with E-state index >= 15 is 0 Å². The Hall–Kier alpha value is -2.54. The van der Waals surface area contributed by atoms with Crippen molar-refractivity contribution in [3.8, 4) is 0 Å². The normalized spacial score (nSPS) is 19.4. The summed E-state index contributed by atoms with van der Waals surface area (Å²) in [7, 11) is 0. The van der Waals surface area contributed by atoms with Gasteiger partial charge in [-0.15, -0.1) is 0 Å². The highest BCUT2D eigenvalue weighted by atomic mass is 16.6. The molecule has 1 aliphatic carbocycles. The molecule has 7 heteroatoms. The topological polar surface area (TPSA) is 85.6 Å². The maximum absolute atomic E-state index is 13.1. The van der Waals surface area contributed by atoms with Gasteiger partial charge in [-0.1, -0.05) is 12.8 Å². The summed E-state index contributed by atoms with van der Waals surface area (Å²) in [6.07, 6.45) is 5.78. The van der Waals surface area contributed by atoms with Crippen molar-refractivity contribution in [3.05, 3.63) is 46.1 Å². The van der Waals surface area contributed by atoms with Gasteiger partial charge in [0.25, 0.3) is 11.6 Å². The Morgan fingerprint density at radius 3 is 2.84 bits per heavy atom. The number of benzene rings is 1. The van der Waals surface area contributed by atoms with Crippen molar-refractivity contribution in [3.63, 3.8) is 0 Å². The molecule has 2 aromatic rings. The second kappa shape index (κ2) is 6.07. The van der Waals surface area contributed by atoms with Gasteiger partial charge in [0.2, 0.25) is 0 Å². The molecule has 0 radical (unpaired) electrons. The first-order valence-electron chi connectivity index (χ1n) is 8.55. The standard InChI is InChI=1S/C18H19N3O4/c22-17(20-10-11-25-18(12-20)7-1-2-8-18)14-5-6-15(21(23)24)13-4-3-9-19-16(13)14/h3-6,9H,1-2,7-8,10-12H2. The summed E-state index contributed by atoms with van der Waals surface area (Å²) in [5.41, 5.74) is 0.552. The number of non-ortho nitro benzene ring substituents is 1. The molecule has 1 aliphatic heterocycles. The van der Waals surface area contributed by atoms with Crippen LogP contribution in [-0.2, 0) is 4.74 Å². The van der Waals surface area contributed by atoms with Gasteiger partial charge in [0, 0.05) is 18.8 Å². The quantitative estimate of drug-likeness (QED) is 0.619. The van der Waals surface area contributed by atoms with E-state index in [0.29, 0.717) is 36.2 Å². The van der Waals surface area contributed by atoms with Crippen molar-refractivity contribution in [2.75, 3.05) is 19.7 Å². The summed E-state index contributed by atoms with van der Waals surface area (Å²) in [6.45, 7) is 1.65. The van der Waals surface area contributed by atoms with E-state index in [4.69, 9.17) is 4.74 Å². The third-order valence-corrected chi connectivity index (χ3v) is 5.22. The Labute approximate surface area is 144 Å². The molecule has 2 aliphatic rings. The summed E-state index contributed by atoms with van der Waals surface area (Å²) in [5, 5.41) is 11.6. The van der Waals surface area contributed by atoms with Gasteiger partial charge in [-0.2, -0.15) is 0 Å². The number of pyridine rings is 1. The largest absolute Gasteiger partial charge is 0.371 e. The molecule has 1 aromatic carbocycles. The second-order valence-corrected chi connectivity index (χ2v) is 6.75. The van der Waals surface area contributed by atoms with Gasteiger partial charge >= 0.3 is 0 Å². The van der Waals surface area contributed by atoms with Crippen LogP contribution in [0.5, 0.6) is 0 Å². The highest BCUT2D eigenvalue weighted by Gasteiger charge is 2.41. The molecule has 1 spiro atoms. The van der Waals surface area contributed by atoms with Gasteiger partial charge in [0.15, 0.2) is 0 Å². The van der Waals surface area contributed by atoms with Gasteiger partial charge in [0.1, 0.15) is 0 Å². The summed E-state index contributed by atoms with van der Waals surface area (Å²) >= 11 is 0. The average molecular weight is 341 g/mol.